The lowest BCUT2D eigenvalue weighted by atomic mass is 10.1. The Morgan fingerprint density at radius 2 is 2.08 bits per heavy atom. The van der Waals surface area contributed by atoms with Crippen molar-refractivity contribution in [2.75, 3.05) is 13.6 Å². The maximum Gasteiger partial charge on any atom is 0.225 e. The molecule has 1 aliphatic rings. The number of carbonyl (C=O) groups excluding carboxylic acids is 1. The van der Waals surface area contributed by atoms with Crippen LogP contribution in [0.3, 0.4) is 0 Å². The summed E-state index contributed by atoms with van der Waals surface area (Å²) >= 11 is 0. The normalized spacial score (nSPS) is 20.2. The predicted octanol–water partition coefficient (Wildman–Crippen LogP) is 0.982. The van der Waals surface area contributed by atoms with Crippen molar-refractivity contribution < 1.29 is 4.79 Å². The van der Waals surface area contributed by atoms with Gasteiger partial charge in [-0.3, -0.25) is 4.79 Å². The Morgan fingerprint density at radius 3 is 2.54 bits per heavy atom. The zero-order valence-corrected chi connectivity index (χ0v) is 8.62. The summed E-state index contributed by atoms with van der Waals surface area (Å²) in [6.45, 7) is 2.54. The van der Waals surface area contributed by atoms with Crippen LogP contribution >= 0.6 is 0 Å². The molecular formula is C10H20N2O. The van der Waals surface area contributed by atoms with E-state index in [-0.39, 0.29) is 17.9 Å². The number of hydrogen-bond acceptors (Lipinski definition) is 2. The van der Waals surface area contributed by atoms with E-state index in [4.69, 9.17) is 5.73 Å². The van der Waals surface area contributed by atoms with Gasteiger partial charge in [-0.05, 0) is 19.8 Å². The predicted molar refractivity (Wildman–Crippen MR) is 53.2 cm³/mol. The molecule has 0 bridgehead atoms. The van der Waals surface area contributed by atoms with E-state index < -0.39 is 0 Å². The standard InChI is InChI=1S/C10H20N2O/c1-8(7-11)12(2)10(13)9-5-3-4-6-9/h8-9H,3-7,11H2,1-2H3. The molecule has 1 rings (SSSR count). The zero-order valence-electron chi connectivity index (χ0n) is 8.62. The van der Waals surface area contributed by atoms with Crippen LogP contribution in [-0.4, -0.2) is 30.4 Å². The summed E-state index contributed by atoms with van der Waals surface area (Å²) in [5.41, 5.74) is 5.52. The summed E-state index contributed by atoms with van der Waals surface area (Å²) in [6.07, 6.45) is 4.56. The number of likely N-dealkylation sites (N-methyl/N-ethyl adjacent to an activating group) is 1. The minimum Gasteiger partial charge on any atom is -0.342 e. The first-order chi connectivity index (χ1) is 6.16. The molecule has 0 aliphatic heterocycles. The van der Waals surface area contributed by atoms with Crippen molar-refractivity contribution in [3.63, 3.8) is 0 Å². The fourth-order valence-electron chi connectivity index (χ4n) is 1.84. The summed E-state index contributed by atoms with van der Waals surface area (Å²) in [5.74, 6) is 0.564. The third-order valence-corrected chi connectivity index (χ3v) is 3.05. The van der Waals surface area contributed by atoms with E-state index >= 15 is 0 Å². The monoisotopic (exact) mass is 184 g/mol. The van der Waals surface area contributed by atoms with Gasteiger partial charge in [0.15, 0.2) is 0 Å². The van der Waals surface area contributed by atoms with Crippen molar-refractivity contribution in [1.82, 2.24) is 4.90 Å². The molecule has 13 heavy (non-hydrogen) atoms. The Balaban J connectivity index is 2.45. The molecule has 3 heteroatoms. The molecule has 0 aromatic rings. The molecule has 3 nitrogen and oxygen atoms in total. The minimum absolute atomic E-state index is 0.174. The Hall–Kier alpha value is -0.570. The number of carbonyl (C=O) groups is 1. The molecule has 2 N–H and O–H groups in total. The van der Waals surface area contributed by atoms with Gasteiger partial charge in [0.2, 0.25) is 5.91 Å². The van der Waals surface area contributed by atoms with Crippen molar-refractivity contribution in [1.29, 1.82) is 0 Å². The van der Waals surface area contributed by atoms with E-state index in [1.165, 1.54) is 12.8 Å². The average Bonchev–Trinajstić information content (AvgIpc) is 2.67. The summed E-state index contributed by atoms with van der Waals surface area (Å²) in [5, 5.41) is 0. The van der Waals surface area contributed by atoms with Crippen LogP contribution < -0.4 is 5.73 Å². The topological polar surface area (TPSA) is 46.3 Å². The highest BCUT2D eigenvalue weighted by atomic mass is 16.2. The number of hydrogen-bond donors (Lipinski definition) is 1. The van der Waals surface area contributed by atoms with Gasteiger partial charge < -0.3 is 10.6 Å². The highest BCUT2D eigenvalue weighted by Gasteiger charge is 2.26. The second-order valence-electron chi connectivity index (χ2n) is 4.02. The molecule has 1 aliphatic carbocycles. The van der Waals surface area contributed by atoms with Crippen LogP contribution in [0.1, 0.15) is 32.6 Å². The second kappa shape index (κ2) is 4.61. The van der Waals surface area contributed by atoms with Gasteiger partial charge in [-0.2, -0.15) is 0 Å². The van der Waals surface area contributed by atoms with Gasteiger partial charge in [-0.25, -0.2) is 0 Å². The molecular weight excluding hydrogens is 164 g/mol. The first kappa shape index (κ1) is 10.5. The quantitative estimate of drug-likeness (QED) is 0.710. The SMILES string of the molecule is CC(CN)N(C)C(=O)C1CCCC1. The lowest BCUT2D eigenvalue weighted by Gasteiger charge is -2.26. The smallest absolute Gasteiger partial charge is 0.225 e. The maximum absolute atomic E-state index is 11.8. The fourth-order valence-corrected chi connectivity index (χ4v) is 1.84. The third kappa shape index (κ3) is 2.44. The molecule has 1 amide bonds. The van der Waals surface area contributed by atoms with Gasteiger partial charge in [-0.1, -0.05) is 12.8 Å². The van der Waals surface area contributed by atoms with Gasteiger partial charge in [0.1, 0.15) is 0 Å². The van der Waals surface area contributed by atoms with Gasteiger partial charge >= 0.3 is 0 Å². The molecule has 0 heterocycles. The van der Waals surface area contributed by atoms with Crippen molar-refractivity contribution >= 4 is 5.91 Å². The largest absolute Gasteiger partial charge is 0.342 e. The summed E-state index contributed by atoms with van der Waals surface area (Å²) in [6, 6.07) is 0.174. The van der Waals surface area contributed by atoms with Gasteiger partial charge in [0.05, 0.1) is 0 Å². The van der Waals surface area contributed by atoms with Crippen LogP contribution in [0, 0.1) is 5.92 Å². The van der Waals surface area contributed by atoms with Gasteiger partial charge in [0.25, 0.3) is 0 Å². The maximum atomic E-state index is 11.8. The average molecular weight is 184 g/mol. The van der Waals surface area contributed by atoms with Gasteiger partial charge in [0, 0.05) is 25.6 Å². The first-order valence-corrected chi connectivity index (χ1v) is 5.13. The van der Waals surface area contributed by atoms with Crippen LogP contribution in [0.4, 0.5) is 0 Å². The van der Waals surface area contributed by atoms with E-state index in [1.807, 2.05) is 14.0 Å². The van der Waals surface area contributed by atoms with Crippen LogP contribution in [0.25, 0.3) is 0 Å². The Kier molecular flexibility index (Phi) is 3.72. The molecule has 76 valence electrons. The fraction of sp³-hybridized carbons (Fsp3) is 0.900. The van der Waals surface area contributed by atoms with E-state index in [1.54, 1.807) is 4.90 Å². The third-order valence-electron chi connectivity index (χ3n) is 3.05. The Morgan fingerprint density at radius 1 is 1.54 bits per heavy atom. The van der Waals surface area contributed by atoms with Crippen LogP contribution in [0.15, 0.2) is 0 Å². The highest BCUT2D eigenvalue weighted by Crippen LogP contribution is 2.26. The summed E-state index contributed by atoms with van der Waals surface area (Å²) < 4.78 is 0. The molecule has 0 saturated heterocycles. The van der Waals surface area contributed by atoms with E-state index in [9.17, 15) is 4.79 Å². The summed E-state index contributed by atoms with van der Waals surface area (Å²) in [4.78, 5) is 13.6. The van der Waals surface area contributed by atoms with Crippen molar-refractivity contribution in [2.24, 2.45) is 11.7 Å². The molecule has 1 saturated carbocycles. The molecule has 0 aromatic carbocycles. The van der Waals surface area contributed by atoms with Crippen LogP contribution in [-0.2, 0) is 4.79 Å². The van der Waals surface area contributed by atoms with Crippen molar-refractivity contribution in [3.05, 3.63) is 0 Å². The molecule has 0 radical (unpaired) electrons. The minimum atomic E-state index is 0.174. The molecule has 1 unspecified atom stereocenters. The number of amides is 1. The highest BCUT2D eigenvalue weighted by molar-refractivity contribution is 5.79. The Bertz CT molecular complexity index is 176. The lowest BCUT2D eigenvalue weighted by molar-refractivity contribution is -0.135. The number of rotatable bonds is 3. The second-order valence-corrected chi connectivity index (χ2v) is 4.02. The molecule has 0 spiro atoms. The number of nitrogens with zero attached hydrogens (tertiary/aromatic N) is 1. The van der Waals surface area contributed by atoms with E-state index in [0.717, 1.165) is 12.8 Å². The van der Waals surface area contributed by atoms with Crippen LogP contribution in [0.5, 0.6) is 0 Å². The lowest BCUT2D eigenvalue weighted by Crippen LogP contribution is -2.42. The molecule has 1 fully saturated rings. The first-order valence-electron chi connectivity index (χ1n) is 5.13. The molecule has 1 atom stereocenters. The van der Waals surface area contributed by atoms with Crippen molar-refractivity contribution in [2.45, 2.75) is 38.6 Å². The van der Waals surface area contributed by atoms with E-state index in [2.05, 4.69) is 0 Å². The Labute approximate surface area is 80.3 Å². The molecule has 0 aromatic heterocycles. The van der Waals surface area contributed by atoms with Crippen LogP contribution in [0.2, 0.25) is 0 Å². The number of nitrogens with two attached hydrogens (primary N) is 1. The van der Waals surface area contributed by atoms with Gasteiger partial charge in [-0.15, -0.1) is 0 Å². The van der Waals surface area contributed by atoms with E-state index in [0.29, 0.717) is 6.54 Å². The van der Waals surface area contributed by atoms with Crippen molar-refractivity contribution in [3.8, 4) is 0 Å². The summed E-state index contributed by atoms with van der Waals surface area (Å²) in [7, 11) is 1.86. The zero-order chi connectivity index (χ0) is 9.84.